The number of hydrogen-bond acceptors (Lipinski definition) is 4. The van der Waals surface area contributed by atoms with Crippen molar-refractivity contribution in [3.8, 4) is 11.3 Å². The van der Waals surface area contributed by atoms with Crippen LogP contribution in [0.5, 0.6) is 0 Å². The van der Waals surface area contributed by atoms with Gasteiger partial charge in [-0.15, -0.1) is 0 Å². The number of anilines is 2. The number of benzene rings is 2. The highest BCUT2D eigenvalue weighted by atomic mass is 35.5. The lowest BCUT2D eigenvalue weighted by Crippen LogP contribution is -2.37. The summed E-state index contributed by atoms with van der Waals surface area (Å²) in [5.74, 6) is -0.124. The molecule has 1 aliphatic rings. The van der Waals surface area contributed by atoms with Gasteiger partial charge >= 0.3 is 6.18 Å². The molecule has 30 heavy (non-hydrogen) atoms. The molecule has 0 fully saturated rings. The fourth-order valence-electron chi connectivity index (χ4n) is 3.02. The summed E-state index contributed by atoms with van der Waals surface area (Å²) >= 11 is 5.89. The smallest absolute Gasteiger partial charge is 0.330 e. The molecule has 8 heteroatoms. The maximum Gasteiger partial charge on any atom is 0.433 e. The Labute approximate surface area is 176 Å². The fraction of sp³-hybridized carbons (Fsp3) is 0.0909. The van der Waals surface area contributed by atoms with Crippen molar-refractivity contribution in [3.63, 3.8) is 0 Å². The lowest BCUT2D eigenvalue weighted by molar-refractivity contribution is -0.141. The minimum Gasteiger partial charge on any atom is -0.330 e. The number of para-hydroxylation sites is 1. The fourth-order valence-corrected chi connectivity index (χ4v) is 3.15. The van der Waals surface area contributed by atoms with Crippen molar-refractivity contribution in [3.05, 3.63) is 95.8 Å². The second kappa shape index (κ2) is 8.20. The predicted octanol–water partition coefficient (Wildman–Crippen LogP) is 6.14. The Hall–Kier alpha value is -3.32. The summed E-state index contributed by atoms with van der Waals surface area (Å²) in [4.78, 5) is 9.91. The van der Waals surface area contributed by atoms with Crippen molar-refractivity contribution in [2.75, 3.05) is 10.2 Å². The van der Waals surface area contributed by atoms with E-state index in [4.69, 9.17) is 11.6 Å². The Morgan fingerprint density at radius 1 is 0.933 bits per heavy atom. The van der Waals surface area contributed by atoms with E-state index in [1.807, 2.05) is 59.7 Å². The van der Waals surface area contributed by atoms with Crippen LogP contribution in [0.3, 0.4) is 0 Å². The molecule has 1 aliphatic heterocycles. The van der Waals surface area contributed by atoms with Crippen molar-refractivity contribution in [1.29, 1.82) is 0 Å². The highest BCUT2D eigenvalue weighted by Crippen LogP contribution is 2.32. The summed E-state index contributed by atoms with van der Waals surface area (Å²) < 4.78 is 40.4. The van der Waals surface area contributed by atoms with Crippen LogP contribution in [0.15, 0.2) is 85.1 Å². The molecule has 0 bridgehead atoms. The van der Waals surface area contributed by atoms with E-state index in [1.165, 1.54) is 0 Å². The minimum absolute atomic E-state index is 0.124. The molecule has 1 aromatic heterocycles. The van der Waals surface area contributed by atoms with Crippen molar-refractivity contribution in [1.82, 2.24) is 9.97 Å². The summed E-state index contributed by atoms with van der Waals surface area (Å²) in [5, 5.41) is 3.49. The molecule has 0 amide bonds. The molecule has 3 aromatic rings. The van der Waals surface area contributed by atoms with E-state index in [9.17, 15) is 13.2 Å². The van der Waals surface area contributed by atoms with E-state index >= 15 is 0 Å². The van der Waals surface area contributed by atoms with Crippen molar-refractivity contribution < 1.29 is 13.2 Å². The summed E-state index contributed by atoms with van der Waals surface area (Å²) in [7, 11) is 0. The van der Waals surface area contributed by atoms with Gasteiger partial charge < -0.3 is 10.2 Å². The first kappa shape index (κ1) is 20.0. The molecule has 2 heterocycles. The van der Waals surface area contributed by atoms with Gasteiger partial charge in [0.05, 0.1) is 5.69 Å². The molecule has 1 atom stereocenters. The molecular weight excluding hydrogens is 413 g/mol. The maximum atomic E-state index is 13.5. The molecule has 2 aromatic carbocycles. The van der Waals surface area contributed by atoms with E-state index in [0.29, 0.717) is 10.6 Å². The highest BCUT2D eigenvalue weighted by Gasteiger charge is 2.34. The van der Waals surface area contributed by atoms with E-state index in [0.717, 1.165) is 11.8 Å². The zero-order chi connectivity index (χ0) is 21.1. The van der Waals surface area contributed by atoms with E-state index in [1.54, 1.807) is 24.3 Å². The van der Waals surface area contributed by atoms with E-state index in [-0.39, 0.29) is 11.6 Å². The van der Waals surface area contributed by atoms with Crippen LogP contribution in [-0.4, -0.2) is 16.1 Å². The molecule has 0 aliphatic carbocycles. The number of allylic oxidation sites excluding steroid dienone is 2. The third-order valence-corrected chi connectivity index (χ3v) is 4.69. The average molecular weight is 429 g/mol. The summed E-state index contributed by atoms with van der Waals surface area (Å²) in [5.41, 5.74) is 0.513. The lowest BCUT2D eigenvalue weighted by atomic mass is 10.1. The number of hydrogen-bond donors (Lipinski definition) is 1. The van der Waals surface area contributed by atoms with Gasteiger partial charge in [-0.05, 0) is 42.5 Å². The van der Waals surface area contributed by atoms with Gasteiger partial charge in [0, 0.05) is 22.5 Å². The van der Waals surface area contributed by atoms with Crippen LogP contribution in [0, 0.1) is 0 Å². The van der Waals surface area contributed by atoms with Crippen LogP contribution in [0.2, 0.25) is 5.02 Å². The number of halogens is 4. The third kappa shape index (κ3) is 4.46. The van der Waals surface area contributed by atoms with Gasteiger partial charge in [-0.25, -0.2) is 9.97 Å². The number of nitrogens with zero attached hydrogens (tertiary/aromatic N) is 3. The van der Waals surface area contributed by atoms with Gasteiger partial charge in [0.15, 0.2) is 5.69 Å². The summed E-state index contributed by atoms with van der Waals surface area (Å²) in [6.07, 6.45) is 2.24. The van der Waals surface area contributed by atoms with Crippen LogP contribution in [-0.2, 0) is 6.18 Å². The summed E-state index contributed by atoms with van der Waals surface area (Å²) in [6, 6.07) is 16.9. The standard InChI is InChI=1S/C22H16ClF3N4/c23-16-11-9-15(10-12-16)18-14-19(22(24,25)26)28-21(27-18)29-20-8-4-5-13-30(20)17-6-2-1-3-7-17/h1-14,20H,(H,27,28,29). The second-order valence-electron chi connectivity index (χ2n) is 6.53. The van der Waals surface area contributed by atoms with Crippen LogP contribution >= 0.6 is 11.6 Å². The Morgan fingerprint density at radius 2 is 1.67 bits per heavy atom. The second-order valence-corrected chi connectivity index (χ2v) is 6.96. The summed E-state index contributed by atoms with van der Waals surface area (Å²) in [6.45, 7) is 0. The van der Waals surface area contributed by atoms with Gasteiger partial charge in [-0.2, -0.15) is 13.2 Å². The topological polar surface area (TPSA) is 41.1 Å². The molecule has 0 saturated carbocycles. The Kier molecular flexibility index (Phi) is 5.46. The van der Waals surface area contributed by atoms with Gasteiger partial charge in [0.2, 0.25) is 5.95 Å². The largest absolute Gasteiger partial charge is 0.433 e. The van der Waals surface area contributed by atoms with Crippen LogP contribution in [0.4, 0.5) is 24.8 Å². The first-order valence-electron chi connectivity index (χ1n) is 9.07. The zero-order valence-corrected chi connectivity index (χ0v) is 16.3. The van der Waals surface area contributed by atoms with Crippen molar-refractivity contribution in [2.24, 2.45) is 0 Å². The quantitative estimate of drug-likeness (QED) is 0.541. The van der Waals surface area contributed by atoms with Crippen molar-refractivity contribution >= 4 is 23.2 Å². The third-order valence-electron chi connectivity index (χ3n) is 4.44. The predicted molar refractivity (Wildman–Crippen MR) is 112 cm³/mol. The van der Waals surface area contributed by atoms with Crippen LogP contribution < -0.4 is 10.2 Å². The number of alkyl halides is 3. The maximum absolute atomic E-state index is 13.5. The molecule has 4 rings (SSSR count). The molecule has 0 saturated heterocycles. The molecule has 152 valence electrons. The minimum atomic E-state index is -4.61. The van der Waals surface area contributed by atoms with Crippen LogP contribution in [0.1, 0.15) is 5.69 Å². The van der Waals surface area contributed by atoms with E-state index in [2.05, 4.69) is 15.3 Å². The Bertz CT molecular complexity index is 1080. The molecule has 0 radical (unpaired) electrons. The Morgan fingerprint density at radius 3 is 2.37 bits per heavy atom. The number of rotatable bonds is 4. The number of aromatic nitrogens is 2. The highest BCUT2D eigenvalue weighted by molar-refractivity contribution is 6.30. The molecule has 1 unspecified atom stereocenters. The van der Waals surface area contributed by atoms with Gasteiger partial charge in [0.1, 0.15) is 6.17 Å². The number of nitrogens with one attached hydrogen (secondary N) is 1. The van der Waals surface area contributed by atoms with E-state index < -0.39 is 18.0 Å². The average Bonchev–Trinajstić information content (AvgIpc) is 2.74. The molecular formula is C22H16ClF3N4. The molecule has 0 spiro atoms. The van der Waals surface area contributed by atoms with Gasteiger partial charge in [0.25, 0.3) is 0 Å². The lowest BCUT2D eigenvalue weighted by Gasteiger charge is -2.31. The van der Waals surface area contributed by atoms with Crippen LogP contribution in [0.25, 0.3) is 11.3 Å². The Balaban J connectivity index is 1.70. The normalized spacial score (nSPS) is 16.0. The molecule has 4 nitrogen and oxygen atoms in total. The molecule has 1 N–H and O–H groups in total. The first-order chi connectivity index (χ1) is 14.4. The first-order valence-corrected chi connectivity index (χ1v) is 9.45. The zero-order valence-electron chi connectivity index (χ0n) is 15.5. The van der Waals surface area contributed by atoms with Gasteiger partial charge in [-0.3, -0.25) is 0 Å². The monoisotopic (exact) mass is 428 g/mol. The van der Waals surface area contributed by atoms with Crippen molar-refractivity contribution in [2.45, 2.75) is 12.3 Å². The SMILES string of the molecule is FC(F)(F)c1cc(-c2ccc(Cl)cc2)nc(NC2C=CC=CN2c2ccccc2)n1. The van der Waals surface area contributed by atoms with Gasteiger partial charge in [-0.1, -0.05) is 48.0 Å².